The Morgan fingerprint density at radius 3 is 2.12 bits per heavy atom. The average Bonchev–Trinajstić information content (AvgIpc) is 2.84. The van der Waals surface area contributed by atoms with Crippen molar-refractivity contribution in [2.24, 2.45) is 5.10 Å². The number of carbonyl (C=O) groups excluding carboxylic acids is 2. The van der Waals surface area contributed by atoms with Crippen LogP contribution in [0.4, 0.5) is 0 Å². The highest BCUT2D eigenvalue weighted by molar-refractivity contribution is 9.10. The normalized spacial score (nSPS) is 10.5. The van der Waals surface area contributed by atoms with Crippen LogP contribution in [0.15, 0.2) is 70.2 Å². The third kappa shape index (κ3) is 5.89. The van der Waals surface area contributed by atoms with Crippen LogP contribution in [0.25, 0.3) is 0 Å². The van der Waals surface area contributed by atoms with Gasteiger partial charge in [0.15, 0.2) is 11.5 Å². The van der Waals surface area contributed by atoms with Gasteiger partial charge in [-0.15, -0.1) is 0 Å². The number of nitrogens with one attached hydrogen (secondary N) is 1. The number of ether oxygens (including phenoxy) is 4. The minimum absolute atomic E-state index is 0.288. The molecule has 0 saturated heterocycles. The van der Waals surface area contributed by atoms with E-state index in [2.05, 4.69) is 26.5 Å². The molecular weight excluding hydrogens is 492 g/mol. The zero-order valence-corrected chi connectivity index (χ0v) is 19.7. The van der Waals surface area contributed by atoms with Gasteiger partial charge < -0.3 is 18.9 Å². The Bertz CT molecular complexity index is 1150. The van der Waals surface area contributed by atoms with Crippen molar-refractivity contribution in [3.05, 3.63) is 81.8 Å². The zero-order valence-electron chi connectivity index (χ0n) is 18.1. The summed E-state index contributed by atoms with van der Waals surface area (Å²) in [5.74, 6) is 0.568. The average molecular weight is 513 g/mol. The minimum atomic E-state index is -0.471. The molecule has 170 valence electrons. The van der Waals surface area contributed by atoms with Gasteiger partial charge >= 0.3 is 5.97 Å². The Labute approximate surface area is 199 Å². The van der Waals surface area contributed by atoms with Gasteiger partial charge in [-0.1, -0.05) is 12.1 Å². The second kappa shape index (κ2) is 11.1. The fourth-order valence-corrected chi connectivity index (χ4v) is 3.30. The molecule has 0 aliphatic carbocycles. The molecule has 0 atom stereocenters. The topological polar surface area (TPSA) is 95.5 Å². The third-order valence-corrected chi connectivity index (χ3v) is 5.18. The second-order valence-electron chi connectivity index (χ2n) is 6.55. The number of esters is 1. The monoisotopic (exact) mass is 512 g/mol. The van der Waals surface area contributed by atoms with Gasteiger partial charge in [0.2, 0.25) is 5.75 Å². The Morgan fingerprint density at radius 2 is 1.55 bits per heavy atom. The first-order valence-electron chi connectivity index (χ1n) is 9.67. The smallest absolute Gasteiger partial charge is 0.344 e. The van der Waals surface area contributed by atoms with Gasteiger partial charge in [0.05, 0.1) is 33.1 Å². The van der Waals surface area contributed by atoms with Crippen LogP contribution in [0.5, 0.6) is 23.0 Å². The van der Waals surface area contributed by atoms with Crippen molar-refractivity contribution in [1.82, 2.24) is 5.43 Å². The molecule has 0 saturated carbocycles. The van der Waals surface area contributed by atoms with E-state index in [9.17, 15) is 9.59 Å². The molecule has 0 aliphatic rings. The van der Waals surface area contributed by atoms with Crippen molar-refractivity contribution in [3.63, 3.8) is 0 Å². The number of carbonyl (C=O) groups is 2. The molecular formula is C24H21BrN2O6. The van der Waals surface area contributed by atoms with Crippen LogP contribution >= 0.6 is 15.9 Å². The summed E-state index contributed by atoms with van der Waals surface area (Å²) in [6, 6.07) is 16.7. The van der Waals surface area contributed by atoms with E-state index in [4.69, 9.17) is 18.9 Å². The minimum Gasteiger partial charge on any atom is -0.493 e. The van der Waals surface area contributed by atoms with Crippen LogP contribution in [-0.4, -0.2) is 39.4 Å². The molecule has 1 amide bonds. The quantitative estimate of drug-likeness (QED) is 0.207. The molecule has 0 fully saturated rings. The summed E-state index contributed by atoms with van der Waals surface area (Å²) in [7, 11) is 4.42. The van der Waals surface area contributed by atoms with Crippen LogP contribution in [-0.2, 0) is 0 Å². The van der Waals surface area contributed by atoms with Crippen LogP contribution in [0, 0.1) is 0 Å². The summed E-state index contributed by atoms with van der Waals surface area (Å²) >= 11 is 3.33. The number of rotatable bonds is 8. The lowest BCUT2D eigenvalue weighted by molar-refractivity contribution is 0.0733. The third-order valence-electron chi connectivity index (χ3n) is 4.49. The van der Waals surface area contributed by atoms with Crippen molar-refractivity contribution >= 4 is 34.0 Å². The molecule has 3 rings (SSSR count). The van der Waals surface area contributed by atoms with Crippen molar-refractivity contribution < 1.29 is 28.5 Å². The molecule has 33 heavy (non-hydrogen) atoms. The lowest BCUT2D eigenvalue weighted by Crippen LogP contribution is -2.18. The van der Waals surface area contributed by atoms with Crippen LogP contribution in [0.2, 0.25) is 0 Å². The molecule has 0 radical (unpaired) electrons. The van der Waals surface area contributed by atoms with Crippen molar-refractivity contribution in [1.29, 1.82) is 0 Å². The summed E-state index contributed by atoms with van der Waals surface area (Å²) in [4.78, 5) is 24.8. The van der Waals surface area contributed by atoms with Crippen molar-refractivity contribution in [2.75, 3.05) is 21.3 Å². The van der Waals surface area contributed by atoms with Crippen LogP contribution in [0.3, 0.4) is 0 Å². The second-order valence-corrected chi connectivity index (χ2v) is 7.41. The van der Waals surface area contributed by atoms with E-state index < -0.39 is 11.9 Å². The van der Waals surface area contributed by atoms with Crippen molar-refractivity contribution in [3.8, 4) is 23.0 Å². The fraction of sp³-hybridized carbons (Fsp3) is 0.125. The Hall–Kier alpha value is -3.85. The van der Waals surface area contributed by atoms with E-state index in [1.165, 1.54) is 39.7 Å². The number of amides is 1. The Balaban J connectivity index is 1.63. The number of halogens is 1. The maximum absolute atomic E-state index is 12.5. The summed E-state index contributed by atoms with van der Waals surface area (Å²) in [6.07, 6.45) is 1.47. The summed E-state index contributed by atoms with van der Waals surface area (Å²) in [5, 5.41) is 3.97. The highest BCUT2D eigenvalue weighted by atomic mass is 79.9. The first-order valence-corrected chi connectivity index (χ1v) is 10.5. The largest absolute Gasteiger partial charge is 0.493 e. The molecule has 1 N–H and O–H groups in total. The Morgan fingerprint density at radius 1 is 0.909 bits per heavy atom. The SMILES string of the molecule is COc1cc(C(=O)NN=Cc2ccc(OC(=O)c3ccccc3Br)cc2)cc(OC)c1OC. The number of nitrogens with zero attached hydrogens (tertiary/aromatic N) is 1. The van der Waals surface area contributed by atoms with Gasteiger partial charge in [0.1, 0.15) is 5.75 Å². The predicted molar refractivity (Wildman–Crippen MR) is 127 cm³/mol. The van der Waals surface area contributed by atoms with Gasteiger partial charge in [0.25, 0.3) is 5.91 Å². The molecule has 3 aromatic rings. The number of hydrogen-bond acceptors (Lipinski definition) is 7. The van der Waals surface area contributed by atoms with E-state index in [1.807, 2.05) is 6.07 Å². The first-order chi connectivity index (χ1) is 16.0. The highest BCUT2D eigenvalue weighted by Gasteiger charge is 2.16. The number of hydrazone groups is 1. The molecule has 0 aliphatic heterocycles. The lowest BCUT2D eigenvalue weighted by atomic mass is 10.1. The van der Waals surface area contributed by atoms with E-state index in [-0.39, 0.29) is 5.56 Å². The molecule has 0 spiro atoms. The van der Waals surface area contributed by atoms with Gasteiger partial charge in [-0.3, -0.25) is 4.79 Å². The lowest BCUT2D eigenvalue weighted by Gasteiger charge is -2.13. The Kier molecular flexibility index (Phi) is 8.04. The molecule has 0 bridgehead atoms. The van der Waals surface area contributed by atoms with Crippen LogP contribution in [0.1, 0.15) is 26.3 Å². The van der Waals surface area contributed by atoms with E-state index in [1.54, 1.807) is 42.5 Å². The van der Waals surface area contributed by atoms with E-state index in [0.717, 1.165) is 0 Å². The highest BCUT2D eigenvalue weighted by Crippen LogP contribution is 2.38. The maximum atomic E-state index is 12.5. The van der Waals surface area contributed by atoms with Gasteiger partial charge in [-0.05, 0) is 70.0 Å². The zero-order chi connectivity index (χ0) is 23.8. The molecule has 3 aromatic carbocycles. The molecule has 9 heteroatoms. The van der Waals surface area contributed by atoms with Gasteiger partial charge in [-0.2, -0.15) is 5.10 Å². The summed E-state index contributed by atoms with van der Waals surface area (Å²) in [6.45, 7) is 0. The predicted octanol–water partition coefficient (Wildman–Crippen LogP) is 4.46. The van der Waals surface area contributed by atoms with E-state index >= 15 is 0 Å². The van der Waals surface area contributed by atoms with Gasteiger partial charge in [-0.25, -0.2) is 10.2 Å². The summed E-state index contributed by atoms with van der Waals surface area (Å²) in [5.41, 5.74) is 3.86. The van der Waals surface area contributed by atoms with E-state index in [0.29, 0.717) is 38.6 Å². The van der Waals surface area contributed by atoms with Gasteiger partial charge in [0, 0.05) is 10.0 Å². The molecule has 0 unspecified atom stereocenters. The number of hydrogen-bond donors (Lipinski definition) is 1. The first kappa shape index (κ1) is 23.8. The van der Waals surface area contributed by atoms with Crippen LogP contribution < -0.4 is 24.4 Å². The number of methoxy groups -OCH3 is 3. The van der Waals surface area contributed by atoms with Crippen molar-refractivity contribution in [2.45, 2.75) is 0 Å². The molecule has 0 aromatic heterocycles. The number of benzene rings is 3. The molecule has 8 nitrogen and oxygen atoms in total. The standard InChI is InChI=1S/C24H21BrN2O6/c1-30-20-12-16(13-21(31-2)22(20)32-3)23(28)27-26-14-15-8-10-17(11-9-15)33-24(29)18-6-4-5-7-19(18)25/h4-14H,1-3H3,(H,27,28). The summed E-state index contributed by atoms with van der Waals surface area (Å²) < 4.78 is 21.8. The molecule has 0 heterocycles. The fourth-order valence-electron chi connectivity index (χ4n) is 2.85. The maximum Gasteiger partial charge on any atom is 0.344 e.